The Morgan fingerprint density at radius 1 is 1.07 bits per heavy atom. The van der Waals surface area contributed by atoms with Gasteiger partial charge in [-0.05, 0) is 85.6 Å². The number of hydrogen-bond acceptors (Lipinski definition) is 3. The Kier molecular flexibility index (Phi) is 7.06. The Hall–Kier alpha value is -1.86. The quantitative estimate of drug-likeness (QED) is 0.606. The Morgan fingerprint density at radius 3 is 2.26 bits per heavy atom. The highest BCUT2D eigenvalue weighted by Gasteiger charge is 2.15. The standard InChI is InChI=1S/C20H22Br2N2O3/c1-12-9-14(21)10-16(22)18(12)27-11-17(25)23-15-7-5-13(6-8-15)19(26)24-20(2,3)4/h5-10H,11H2,1-4H3,(H,23,25)(H,24,26). The number of halogens is 2. The minimum Gasteiger partial charge on any atom is -0.482 e. The monoisotopic (exact) mass is 496 g/mol. The first-order chi connectivity index (χ1) is 12.5. The second-order valence-electron chi connectivity index (χ2n) is 7.15. The topological polar surface area (TPSA) is 67.4 Å². The molecule has 27 heavy (non-hydrogen) atoms. The van der Waals surface area contributed by atoms with E-state index in [1.807, 2.05) is 39.8 Å². The van der Waals surface area contributed by atoms with Crippen LogP contribution < -0.4 is 15.4 Å². The van der Waals surface area contributed by atoms with Crippen LogP contribution >= 0.6 is 31.9 Å². The Morgan fingerprint density at radius 2 is 1.70 bits per heavy atom. The zero-order valence-corrected chi connectivity index (χ0v) is 18.8. The van der Waals surface area contributed by atoms with Crippen molar-refractivity contribution in [3.63, 3.8) is 0 Å². The molecule has 0 unspecified atom stereocenters. The SMILES string of the molecule is Cc1cc(Br)cc(Br)c1OCC(=O)Nc1ccc(C(=O)NC(C)(C)C)cc1. The number of aryl methyl sites for hydroxylation is 1. The maximum Gasteiger partial charge on any atom is 0.262 e. The van der Waals surface area contributed by atoms with E-state index in [1.165, 1.54) is 0 Å². The molecule has 5 nitrogen and oxygen atoms in total. The molecule has 144 valence electrons. The van der Waals surface area contributed by atoms with Gasteiger partial charge in [0.1, 0.15) is 5.75 Å². The highest BCUT2D eigenvalue weighted by atomic mass is 79.9. The summed E-state index contributed by atoms with van der Waals surface area (Å²) in [5.74, 6) is 0.193. The molecular weight excluding hydrogens is 476 g/mol. The van der Waals surface area contributed by atoms with Crippen molar-refractivity contribution < 1.29 is 14.3 Å². The van der Waals surface area contributed by atoms with Crippen molar-refractivity contribution in [1.29, 1.82) is 0 Å². The van der Waals surface area contributed by atoms with Gasteiger partial charge in [0.25, 0.3) is 11.8 Å². The van der Waals surface area contributed by atoms with Gasteiger partial charge >= 0.3 is 0 Å². The first kappa shape index (κ1) is 21.4. The van der Waals surface area contributed by atoms with Crippen LogP contribution in [0.1, 0.15) is 36.7 Å². The van der Waals surface area contributed by atoms with Crippen LogP contribution in [0.25, 0.3) is 0 Å². The number of amides is 2. The van der Waals surface area contributed by atoms with E-state index in [0.717, 1.165) is 14.5 Å². The lowest BCUT2D eigenvalue weighted by Gasteiger charge is -2.20. The minimum atomic E-state index is -0.305. The van der Waals surface area contributed by atoms with E-state index < -0.39 is 0 Å². The number of benzene rings is 2. The fraction of sp³-hybridized carbons (Fsp3) is 0.300. The van der Waals surface area contributed by atoms with Gasteiger partial charge in [0.05, 0.1) is 4.47 Å². The summed E-state index contributed by atoms with van der Waals surface area (Å²) in [5, 5.41) is 5.65. The second kappa shape index (κ2) is 8.89. The lowest BCUT2D eigenvalue weighted by molar-refractivity contribution is -0.118. The Bertz CT molecular complexity index is 820. The fourth-order valence-electron chi connectivity index (χ4n) is 2.32. The first-order valence-electron chi connectivity index (χ1n) is 8.36. The van der Waals surface area contributed by atoms with Gasteiger partial charge in [-0.1, -0.05) is 15.9 Å². The molecule has 0 spiro atoms. The smallest absolute Gasteiger partial charge is 0.262 e. The zero-order chi connectivity index (χ0) is 20.2. The number of hydrogen-bond donors (Lipinski definition) is 2. The van der Waals surface area contributed by atoms with E-state index in [2.05, 4.69) is 42.5 Å². The molecule has 7 heteroatoms. The molecule has 0 fully saturated rings. The third kappa shape index (κ3) is 6.66. The van der Waals surface area contributed by atoms with Crippen molar-refractivity contribution in [3.05, 3.63) is 56.5 Å². The number of carbonyl (C=O) groups excluding carboxylic acids is 2. The van der Waals surface area contributed by atoms with E-state index in [-0.39, 0.29) is 24.0 Å². The molecule has 2 amide bonds. The Labute approximate surface area is 176 Å². The van der Waals surface area contributed by atoms with Crippen LogP contribution in [0.2, 0.25) is 0 Å². The molecule has 0 heterocycles. The highest BCUT2D eigenvalue weighted by Crippen LogP contribution is 2.32. The van der Waals surface area contributed by atoms with Gasteiger partial charge in [0.15, 0.2) is 6.61 Å². The van der Waals surface area contributed by atoms with E-state index in [0.29, 0.717) is 17.0 Å². The molecule has 0 atom stereocenters. The molecule has 0 aromatic heterocycles. The number of anilines is 1. The molecule has 0 bridgehead atoms. The molecule has 2 aromatic rings. The van der Waals surface area contributed by atoms with Crippen LogP contribution in [0.15, 0.2) is 45.3 Å². The second-order valence-corrected chi connectivity index (χ2v) is 8.92. The predicted octanol–water partition coefficient (Wildman–Crippen LogP) is 5.07. The summed E-state index contributed by atoms with van der Waals surface area (Å²) in [6, 6.07) is 10.5. The maximum absolute atomic E-state index is 12.1. The largest absolute Gasteiger partial charge is 0.482 e. The van der Waals surface area contributed by atoms with Crippen LogP contribution in [0.5, 0.6) is 5.75 Å². The van der Waals surface area contributed by atoms with Crippen molar-refractivity contribution in [2.45, 2.75) is 33.2 Å². The van der Waals surface area contributed by atoms with Crippen molar-refractivity contribution in [1.82, 2.24) is 5.32 Å². The molecule has 0 saturated carbocycles. The first-order valence-corrected chi connectivity index (χ1v) is 9.94. The fourth-order valence-corrected chi connectivity index (χ4v) is 3.88. The molecule has 0 aliphatic rings. The summed E-state index contributed by atoms with van der Waals surface area (Å²) in [7, 11) is 0. The van der Waals surface area contributed by atoms with E-state index in [1.54, 1.807) is 24.3 Å². The van der Waals surface area contributed by atoms with E-state index >= 15 is 0 Å². The molecule has 0 radical (unpaired) electrons. The van der Waals surface area contributed by atoms with Gasteiger partial charge < -0.3 is 15.4 Å². The maximum atomic E-state index is 12.1. The zero-order valence-electron chi connectivity index (χ0n) is 15.7. The summed E-state index contributed by atoms with van der Waals surface area (Å²) in [6.45, 7) is 7.55. The summed E-state index contributed by atoms with van der Waals surface area (Å²) in [6.07, 6.45) is 0. The van der Waals surface area contributed by atoms with Gasteiger partial charge in [-0.25, -0.2) is 0 Å². The lowest BCUT2D eigenvalue weighted by atomic mass is 10.1. The third-order valence-electron chi connectivity index (χ3n) is 3.46. The van der Waals surface area contributed by atoms with Crippen LogP contribution in [-0.4, -0.2) is 24.0 Å². The Balaban J connectivity index is 1.94. The van der Waals surface area contributed by atoms with Crippen molar-refractivity contribution in [3.8, 4) is 5.75 Å². The average molecular weight is 498 g/mol. The summed E-state index contributed by atoms with van der Waals surface area (Å²) >= 11 is 6.84. The minimum absolute atomic E-state index is 0.118. The van der Waals surface area contributed by atoms with E-state index in [4.69, 9.17) is 4.74 Å². The summed E-state index contributed by atoms with van der Waals surface area (Å²) in [5.41, 5.74) is 1.75. The lowest BCUT2D eigenvalue weighted by Crippen LogP contribution is -2.40. The molecule has 2 aromatic carbocycles. The summed E-state index contributed by atoms with van der Waals surface area (Å²) < 4.78 is 7.33. The van der Waals surface area contributed by atoms with Gasteiger partial charge in [0.2, 0.25) is 0 Å². The van der Waals surface area contributed by atoms with Gasteiger partial charge in [-0.3, -0.25) is 9.59 Å². The number of nitrogens with one attached hydrogen (secondary N) is 2. The number of rotatable bonds is 5. The molecule has 0 aliphatic carbocycles. The third-order valence-corrected chi connectivity index (χ3v) is 4.51. The highest BCUT2D eigenvalue weighted by molar-refractivity contribution is 9.11. The van der Waals surface area contributed by atoms with Crippen LogP contribution in [0.4, 0.5) is 5.69 Å². The molecule has 0 saturated heterocycles. The normalized spacial score (nSPS) is 11.0. The molecule has 2 N–H and O–H groups in total. The number of carbonyl (C=O) groups is 2. The average Bonchev–Trinajstić information content (AvgIpc) is 2.52. The van der Waals surface area contributed by atoms with Gasteiger partial charge in [-0.15, -0.1) is 0 Å². The van der Waals surface area contributed by atoms with Crippen molar-refractivity contribution in [2.75, 3.05) is 11.9 Å². The molecule has 2 rings (SSSR count). The van der Waals surface area contributed by atoms with E-state index in [9.17, 15) is 9.59 Å². The van der Waals surface area contributed by atoms with Gasteiger partial charge in [-0.2, -0.15) is 0 Å². The number of ether oxygens (including phenoxy) is 1. The van der Waals surface area contributed by atoms with Crippen LogP contribution in [0.3, 0.4) is 0 Å². The predicted molar refractivity (Wildman–Crippen MR) is 114 cm³/mol. The summed E-state index contributed by atoms with van der Waals surface area (Å²) in [4.78, 5) is 24.3. The molecular formula is C20H22Br2N2O3. The molecule has 0 aliphatic heterocycles. The van der Waals surface area contributed by atoms with Crippen molar-refractivity contribution >= 4 is 49.4 Å². The van der Waals surface area contributed by atoms with Gasteiger partial charge in [0, 0.05) is 21.3 Å². The van der Waals surface area contributed by atoms with Crippen molar-refractivity contribution in [2.24, 2.45) is 0 Å². The van der Waals surface area contributed by atoms with Crippen LogP contribution in [-0.2, 0) is 4.79 Å². The van der Waals surface area contributed by atoms with Crippen LogP contribution in [0, 0.1) is 6.92 Å².